The highest BCUT2D eigenvalue weighted by Gasteiger charge is 2.12. The van der Waals surface area contributed by atoms with Gasteiger partial charge in [-0.3, -0.25) is 4.68 Å². The van der Waals surface area contributed by atoms with Crippen molar-refractivity contribution in [3.05, 3.63) is 40.6 Å². The monoisotopic (exact) mass is 324 g/mol. The fraction of sp³-hybridized carbons (Fsp3) is 0.357. The summed E-state index contributed by atoms with van der Waals surface area (Å²) in [5.41, 5.74) is 0.742. The smallest absolute Gasteiger partial charge is 0.165 e. The highest BCUT2D eigenvalue weighted by Crippen LogP contribution is 2.32. The highest BCUT2D eigenvalue weighted by atomic mass is 79.9. The van der Waals surface area contributed by atoms with Crippen LogP contribution in [0.1, 0.15) is 38.5 Å². The third kappa shape index (κ3) is 3.36. The van der Waals surface area contributed by atoms with E-state index in [1.54, 1.807) is 13.1 Å². The van der Waals surface area contributed by atoms with E-state index in [1.165, 1.54) is 0 Å². The first kappa shape index (κ1) is 14.1. The van der Waals surface area contributed by atoms with Crippen LogP contribution < -0.4 is 4.74 Å². The number of nitrogens with zero attached hydrogens (tertiary/aromatic N) is 2. The summed E-state index contributed by atoms with van der Waals surface area (Å²) < 4.78 is 8.53. The topological polar surface area (TPSA) is 47.3 Å². The lowest BCUT2D eigenvalue weighted by Gasteiger charge is -2.12. The van der Waals surface area contributed by atoms with Crippen molar-refractivity contribution >= 4 is 15.9 Å². The van der Waals surface area contributed by atoms with Crippen LogP contribution in [0.25, 0.3) is 0 Å². The number of hydrogen-bond acceptors (Lipinski definition) is 3. The zero-order chi connectivity index (χ0) is 14.0. The van der Waals surface area contributed by atoms with E-state index in [2.05, 4.69) is 34.9 Å². The first-order valence-electron chi connectivity index (χ1n) is 6.17. The maximum Gasteiger partial charge on any atom is 0.165 e. The molecule has 1 heterocycles. The van der Waals surface area contributed by atoms with Crippen molar-refractivity contribution in [3.63, 3.8) is 0 Å². The van der Waals surface area contributed by atoms with E-state index in [-0.39, 0.29) is 0 Å². The van der Waals surface area contributed by atoms with Crippen LogP contribution in [-0.2, 0) is 0 Å². The Morgan fingerprint density at radius 1 is 1.32 bits per heavy atom. The molecule has 0 spiro atoms. The van der Waals surface area contributed by atoms with Gasteiger partial charge in [-0.05, 0) is 39.0 Å². The molecule has 1 aromatic heterocycles. The molecule has 1 aromatic carbocycles. The number of benzene rings is 1. The molecule has 0 aliphatic heterocycles. The van der Waals surface area contributed by atoms with Crippen molar-refractivity contribution in [2.24, 2.45) is 0 Å². The lowest BCUT2D eigenvalue weighted by atomic mass is 10.1. The zero-order valence-corrected chi connectivity index (χ0v) is 12.8. The molecule has 5 heteroatoms. The summed E-state index contributed by atoms with van der Waals surface area (Å²) in [4.78, 5) is 0. The number of ether oxygens (including phenoxy) is 1. The third-order valence-corrected chi connectivity index (χ3v) is 3.25. The number of rotatable bonds is 4. The third-order valence-electron chi connectivity index (χ3n) is 2.76. The Labute approximate surface area is 121 Å². The number of aliphatic hydroxyl groups is 1. The van der Waals surface area contributed by atoms with Gasteiger partial charge < -0.3 is 9.84 Å². The van der Waals surface area contributed by atoms with Gasteiger partial charge >= 0.3 is 0 Å². The summed E-state index contributed by atoms with van der Waals surface area (Å²) in [5.74, 6) is 1.31. The molecule has 0 bridgehead atoms. The fourth-order valence-electron chi connectivity index (χ4n) is 1.72. The lowest BCUT2D eigenvalue weighted by molar-refractivity contribution is 0.195. The van der Waals surface area contributed by atoms with Crippen molar-refractivity contribution in [2.75, 3.05) is 0 Å². The van der Waals surface area contributed by atoms with Crippen LogP contribution in [-0.4, -0.2) is 14.9 Å². The summed E-state index contributed by atoms with van der Waals surface area (Å²) in [7, 11) is 0. The van der Waals surface area contributed by atoms with Crippen LogP contribution >= 0.6 is 15.9 Å². The van der Waals surface area contributed by atoms with Crippen LogP contribution in [0.3, 0.4) is 0 Å². The van der Waals surface area contributed by atoms with Crippen molar-refractivity contribution in [3.8, 4) is 11.5 Å². The minimum absolute atomic E-state index is 0.290. The molecule has 1 unspecified atom stereocenters. The summed E-state index contributed by atoms with van der Waals surface area (Å²) >= 11 is 3.39. The van der Waals surface area contributed by atoms with Gasteiger partial charge in [0.2, 0.25) is 0 Å². The average molecular weight is 325 g/mol. The molecular weight excluding hydrogens is 308 g/mol. The van der Waals surface area contributed by atoms with E-state index in [4.69, 9.17) is 4.74 Å². The number of aromatic nitrogens is 2. The van der Waals surface area contributed by atoms with Crippen LogP contribution in [0.2, 0.25) is 0 Å². The number of aliphatic hydroxyl groups excluding tert-OH is 1. The van der Waals surface area contributed by atoms with Crippen molar-refractivity contribution < 1.29 is 9.84 Å². The molecule has 19 heavy (non-hydrogen) atoms. The average Bonchev–Trinajstić information content (AvgIpc) is 2.80. The Bertz CT molecular complexity index is 564. The molecule has 102 valence electrons. The van der Waals surface area contributed by atoms with Gasteiger partial charge in [-0.15, -0.1) is 0 Å². The molecule has 4 nitrogen and oxygen atoms in total. The molecule has 0 aliphatic carbocycles. The van der Waals surface area contributed by atoms with Crippen LogP contribution in [0, 0.1) is 0 Å². The van der Waals surface area contributed by atoms with E-state index >= 15 is 0 Å². The molecular formula is C14H17BrN2O2. The second-order valence-electron chi connectivity index (χ2n) is 4.71. The number of halogens is 1. The SMILES string of the molecule is CC(O)c1cc(Br)ccc1Oc1cnn(C(C)C)c1. The van der Waals surface area contributed by atoms with Gasteiger partial charge in [0.25, 0.3) is 0 Å². The van der Waals surface area contributed by atoms with Crippen LogP contribution in [0.5, 0.6) is 11.5 Å². The van der Waals surface area contributed by atoms with Gasteiger partial charge in [-0.2, -0.15) is 5.10 Å². The van der Waals surface area contributed by atoms with E-state index in [9.17, 15) is 5.11 Å². The van der Waals surface area contributed by atoms with Gasteiger partial charge in [-0.1, -0.05) is 15.9 Å². The molecule has 0 saturated heterocycles. The summed E-state index contributed by atoms with van der Waals surface area (Å²) in [6, 6.07) is 5.86. The molecule has 0 radical (unpaired) electrons. The quantitative estimate of drug-likeness (QED) is 0.922. The summed E-state index contributed by atoms with van der Waals surface area (Å²) in [5, 5.41) is 14.0. The molecule has 0 fully saturated rings. The molecule has 0 aliphatic rings. The largest absolute Gasteiger partial charge is 0.454 e. The molecule has 2 rings (SSSR count). The Kier molecular flexibility index (Phi) is 4.27. The van der Waals surface area contributed by atoms with E-state index in [0.717, 1.165) is 10.0 Å². The minimum Gasteiger partial charge on any atom is -0.454 e. The molecule has 1 atom stereocenters. The van der Waals surface area contributed by atoms with Gasteiger partial charge in [0.15, 0.2) is 5.75 Å². The summed E-state index contributed by atoms with van der Waals surface area (Å²) in [6.45, 7) is 5.82. The van der Waals surface area contributed by atoms with E-state index in [0.29, 0.717) is 17.5 Å². The first-order valence-corrected chi connectivity index (χ1v) is 6.96. The minimum atomic E-state index is -0.590. The van der Waals surface area contributed by atoms with E-state index in [1.807, 2.05) is 29.1 Å². The predicted octanol–water partition coefficient (Wildman–Crippen LogP) is 4.07. The number of hydrogen-bond donors (Lipinski definition) is 1. The Morgan fingerprint density at radius 3 is 2.63 bits per heavy atom. The highest BCUT2D eigenvalue weighted by molar-refractivity contribution is 9.10. The van der Waals surface area contributed by atoms with E-state index < -0.39 is 6.10 Å². The Hall–Kier alpha value is -1.33. The standard InChI is InChI=1S/C14H17BrN2O2/c1-9(2)17-8-12(7-16-17)19-14-5-4-11(15)6-13(14)10(3)18/h4-10,18H,1-3H3. The van der Waals surface area contributed by atoms with Crippen LogP contribution in [0.4, 0.5) is 0 Å². The molecule has 2 aromatic rings. The van der Waals surface area contributed by atoms with Crippen molar-refractivity contribution in [1.29, 1.82) is 0 Å². The second-order valence-corrected chi connectivity index (χ2v) is 5.63. The molecule has 0 saturated carbocycles. The maximum absolute atomic E-state index is 9.78. The van der Waals surface area contributed by atoms with Gasteiger partial charge in [0.05, 0.1) is 18.5 Å². The normalized spacial score (nSPS) is 12.7. The predicted molar refractivity (Wildman–Crippen MR) is 77.5 cm³/mol. The van der Waals surface area contributed by atoms with Gasteiger partial charge in [0.1, 0.15) is 5.75 Å². The Morgan fingerprint density at radius 2 is 2.05 bits per heavy atom. The molecule has 1 N–H and O–H groups in total. The van der Waals surface area contributed by atoms with Gasteiger partial charge in [-0.25, -0.2) is 0 Å². The zero-order valence-electron chi connectivity index (χ0n) is 11.2. The molecule has 0 amide bonds. The summed E-state index contributed by atoms with van der Waals surface area (Å²) in [6.07, 6.45) is 2.93. The Balaban J connectivity index is 2.27. The second kappa shape index (κ2) is 5.75. The van der Waals surface area contributed by atoms with Gasteiger partial charge in [0, 0.05) is 16.1 Å². The fourth-order valence-corrected chi connectivity index (χ4v) is 2.10. The maximum atomic E-state index is 9.78. The van der Waals surface area contributed by atoms with Crippen LogP contribution in [0.15, 0.2) is 35.1 Å². The lowest BCUT2D eigenvalue weighted by Crippen LogP contribution is -2.00. The van der Waals surface area contributed by atoms with Crippen molar-refractivity contribution in [2.45, 2.75) is 32.9 Å². The van der Waals surface area contributed by atoms with Crippen molar-refractivity contribution in [1.82, 2.24) is 9.78 Å². The first-order chi connectivity index (χ1) is 8.97.